The van der Waals surface area contributed by atoms with Crippen LogP contribution in [-0.4, -0.2) is 28.3 Å². The highest BCUT2D eigenvalue weighted by Gasteiger charge is 2.29. The zero-order valence-electron chi connectivity index (χ0n) is 18.2. The van der Waals surface area contributed by atoms with Gasteiger partial charge in [-0.2, -0.15) is 0 Å². The van der Waals surface area contributed by atoms with Gasteiger partial charge in [0.25, 0.3) is 0 Å². The largest absolute Gasteiger partial charge is 0.350 e. The molecule has 0 aliphatic heterocycles. The van der Waals surface area contributed by atoms with Gasteiger partial charge in [0, 0.05) is 17.1 Å². The third kappa shape index (κ3) is 6.60. The van der Waals surface area contributed by atoms with Gasteiger partial charge in [0.2, 0.25) is 11.8 Å². The molecule has 0 aliphatic carbocycles. The zero-order valence-corrected chi connectivity index (χ0v) is 18.9. The van der Waals surface area contributed by atoms with Gasteiger partial charge in [-0.25, -0.2) is 0 Å². The smallest absolute Gasteiger partial charge is 0.242 e. The van der Waals surface area contributed by atoms with Crippen molar-refractivity contribution in [2.75, 3.05) is 0 Å². The normalized spacial score (nSPS) is 12.4. The minimum absolute atomic E-state index is 0.102. The monoisotopic (exact) mass is 414 g/mol. The SMILES string of the molecule is Cc1ccc(C)c(CC(=O)N(Cc2ccccc2Cl)[C@H](C)C(=O)NC(C)(C)C)c1. The number of amides is 2. The van der Waals surface area contributed by atoms with Crippen LogP contribution in [0.5, 0.6) is 0 Å². The molecule has 0 fully saturated rings. The predicted molar refractivity (Wildman–Crippen MR) is 119 cm³/mol. The van der Waals surface area contributed by atoms with Crippen molar-refractivity contribution < 1.29 is 9.59 Å². The first-order valence-corrected chi connectivity index (χ1v) is 10.3. The first-order chi connectivity index (χ1) is 13.5. The lowest BCUT2D eigenvalue weighted by Crippen LogP contribution is -2.52. The van der Waals surface area contributed by atoms with Crippen molar-refractivity contribution in [1.29, 1.82) is 0 Å². The summed E-state index contributed by atoms with van der Waals surface area (Å²) in [6, 6.07) is 12.9. The van der Waals surface area contributed by atoms with Gasteiger partial charge in [-0.05, 0) is 64.3 Å². The van der Waals surface area contributed by atoms with Crippen LogP contribution in [-0.2, 0) is 22.6 Å². The Bertz CT molecular complexity index is 887. The highest BCUT2D eigenvalue weighted by molar-refractivity contribution is 6.31. The second-order valence-corrected chi connectivity index (χ2v) is 9.04. The van der Waals surface area contributed by atoms with Crippen LogP contribution >= 0.6 is 11.6 Å². The minimum atomic E-state index is -0.622. The van der Waals surface area contributed by atoms with Crippen LogP contribution in [0.15, 0.2) is 42.5 Å². The summed E-state index contributed by atoms with van der Waals surface area (Å²) in [4.78, 5) is 27.7. The number of halogens is 1. The third-order valence-corrected chi connectivity index (χ3v) is 5.18. The van der Waals surface area contributed by atoms with Crippen molar-refractivity contribution in [3.63, 3.8) is 0 Å². The molecule has 1 atom stereocenters. The van der Waals surface area contributed by atoms with E-state index in [9.17, 15) is 9.59 Å². The van der Waals surface area contributed by atoms with Gasteiger partial charge in [-0.1, -0.05) is 53.6 Å². The molecule has 1 N–H and O–H groups in total. The van der Waals surface area contributed by atoms with Crippen molar-refractivity contribution in [2.24, 2.45) is 0 Å². The van der Waals surface area contributed by atoms with E-state index in [1.807, 2.05) is 71.0 Å². The molecule has 29 heavy (non-hydrogen) atoms. The third-order valence-electron chi connectivity index (χ3n) is 4.81. The Balaban J connectivity index is 2.32. The highest BCUT2D eigenvalue weighted by Crippen LogP contribution is 2.20. The summed E-state index contributed by atoms with van der Waals surface area (Å²) in [7, 11) is 0. The number of nitrogens with zero attached hydrogens (tertiary/aromatic N) is 1. The standard InChI is InChI=1S/C24H31ClN2O2/c1-16-11-12-17(2)20(13-16)14-22(28)27(15-19-9-7-8-10-21(19)25)18(3)23(29)26-24(4,5)6/h7-13,18H,14-15H2,1-6H3,(H,26,29)/t18-/m1/s1. The van der Waals surface area contributed by atoms with Crippen LogP contribution < -0.4 is 5.32 Å². The van der Waals surface area contributed by atoms with Gasteiger partial charge in [-0.3, -0.25) is 9.59 Å². The predicted octanol–water partition coefficient (Wildman–Crippen LogP) is 4.83. The number of carbonyl (C=O) groups excluding carboxylic acids is 2. The number of benzene rings is 2. The maximum absolute atomic E-state index is 13.3. The molecule has 2 aromatic carbocycles. The number of hydrogen-bond donors (Lipinski definition) is 1. The van der Waals surface area contributed by atoms with Crippen molar-refractivity contribution in [1.82, 2.24) is 10.2 Å². The van der Waals surface area contributed by atoms with Gasteiger partial charge in [0.1, 0.15) is 6.04 Å². The lowest BCUT2D eigenvalue weighted by Gasteiger charge is -2.32. The molecule has 4 nitrogen and oxygen atoms in total. The van der Waals surface area contributed by atoms with Crippen LogP contribution in [0.2, 0.25) is 5.02 Å². The second kappa shape index (κ2) is 9.45. The molecule has 2 amide bonds. The Kier molecular flexibility index (Phi) is 7.48. The lowest BCUT2D eigenvalue weighted by molar-refractivity contribution is -0.140. The molecule has 0 radical (unpaired) electrons. The molecule has 0 bridgehead atoms. The average Bonchev–Trinajstić information content (AvgIpc) is 2.62. The average molecular weight is 415 g/mol. The summed E-state index contributed by atoms with van der Waals surface area (Å²) in [5, 5.41) is 3.56. The van der Waals surface area contributed by atoms with Gasteiger partial charge in [0.15, 0.2) is 0 Å². The van der Waals surface area contributed by atoms with E-state index in [2.05, 4.69) is 5.32 Å². The molecule has 0 heterocycles. The summed E-state index contributed by atoms with van der Waals surface area (Å²) >= 11 is 6.33. The molecule has 5 heteroatoms. The van der Waals surface area contributed by atoms with E-state index in [1.165, 1.54) is 0 Å². The molecule has 0 unspecified atom stereocenters. The highest BCUT2D eigenvalue weighted by atomic mass is 35.5. The Morgan fingerprint density at radius 3 is 2.34 bits per heavy atom. The quantitative estimate of drug-likeness (QED) is 0.735. The van der Waals surface area contributed by atoms with Gasteiger partial charge in [0.05, 0.1) is 6.42 Å². The van der Waals surface area contributed by atoms with E-state index in [-0.39, 0.29) is 30.3 Å². The van der Waals surface area contributed by atoms with Crippen molar-refractivity contribution in [3.05, 3.63) is 69.7 Å². The van der Waals surface area contributed by atoms with E-state index < -0.39 is 6.04 Å². The summed E-state index contributed by atoms with van der Waals surface area (Å²) < 4.78 is 0. The Hall–Kier alpha value is -2.33. The van der Waals surface area contributed by atoms with Crippen LogP contribution in [0, 0.1) is 13.8 Å². The molecule has 0 spiro atoms. The molecule has 0 saturated heterocycles. The van der Waals surface area contributed by atoms with Crippen LogP contribution in [0.3, 0.4) is 0 Å². The number of rotatable bonds is 6. The topological polar surface area (TPSA) is 49.4 Å². The van der Waals surface area contributed by atoms with E-state index in [0.717, 1.165) is 22.3 Å². The fourth-order valence-electron chi connectivity index (χ4n) is 3.12. The second-order valence-electron chi connectivity index (χ2n) is 8.63. The fraction of sp³-hybridized carbons (Fsp3) is 0.417. The number of aryl methyl sites for hydroxylation is 2. The van der Waals surface area contributed by atoms with Crippen molar-refractivity contribution in [2.45, 2.75) is 66.1 Å². The fourth-order valence-corrected chi connectivity index (χ4v) is 3.32. The summed E-state index contributed by atoms with van der Waals surface area (Å²) in [5.41, 5.74) is 3.59. The Labute approximate surface area is 179 Å². The Morgan fingerprint density at radius 2 is 1.72 bits per heavy atom. The molecule has 2 aromatic rings. The summed E-state index contributed by atoms with van der Waals surface area (Å²) in [6.07, 6.45) is 0.241. The van der Waals surface area contributed by atoms with Crippen molar-refractivity contribution >= 4 is 23.4 Å². The number of nitrogens with one attached hydrogen (secondary N) is 1. The first-order valence-electron chi connectivity index (χ1n) is 9.89. The molecule has 0 aromatic heterocycles. The lowest BCUT2D eigenvalue weighted by atomic mass is 10.0. The van der Waals surface area contributed by atoms with Gasteiger partial charge >= 0.3 is 0 Å². The maximum Gasteiger partial charge on any atom is 0.242 e. The molecular formula is C24H31ClN2O2. The van der Waals surface area contributed by atoms with Crippen LogP contribution in [0.25, 0.3) is 0 Å². The van der Waals surface area contributed by atoms with Crippen LogP contribution in [0.4, 0.5) is 0 Å². The molecule has 0 aliphatic rings. The van der Waals surface area contributed by atoms with Gasteiger partial charge in [-0.15, -0.1) is 0 Å². The van der Waals surface area contributed by atoms with E-state index in [1.54, 1.807) is 17.9 Å². The van der Waals surface area contributed by atoms with Crippen molar-refractivity contribution in [3.8, 4) is 0 Å². The summed E-state index contributed by atoms with van der Waals surface area (Å²) in [6.45, 7) is 11.8. The maximum atomic E-state index is 13.3. The van der Waals surface area contributed by atoms with E-state index in [0.29, 0.717) is 5.02 Å². The van der Waals surface area contributed by atoms with Crippen LogP contribution in [0.1, 0.15) is 49.9 Å². The minimum Gasteiger partial charge on any atom is -0.350 e. The molecule has 0 saturated carbocycles. The number of carbonyl (C=O) groups is 2. The zero-order chi connectivity index (χ0) is 21.8. The molecule has 2 rings (SSSR count). The Morgan fingerprint density at radius 1 is 1.07 bits per heavy atom. The summed E-state index contributed by atoms with van der Waals surface area (Å²) in [5.74, 6) is -0.283. The van der Waals surface area contributed by atoms with Gasteiger partial charge < -0.3 is 10.2 Å². The number of hydrogen-bond acceptors (Lipinski definition) is 2. The van der Waals surface area contributed by atoms with E-state index >= 15 is 0 Å². The molecule has 156 valence electrons. The molecular weight excluding hydrogens is 384 g/mol. The first kappa shape index (κ1) is 23.0. The van der Waals surface area contributed by atoms with E-state index in [4.69, 9.17) is 11.6 Å².